The Kier molecular flexibility index (Phi) is 5.35. The Morgan fingerprint density at radius 2 is 2.06 bits per heavy atom. The summed E-state index contributed by atoms with van der Waals surface area (Å²) in [4.78, 5) is 23.0. The molecule has 5 nitrogen and oxygen atoms in total. The van der Waals surface area contributed by atoms with E-state index in [1.165, 1.54) is 11.8 Å². The molecule has 0 spiro atoms. The number of phenolic OH excluding ortho intramolecular Hbond substituents is 1. The highest BCUT2D eigenvalue weighted by Crippen LogP contribution is 2.27. The molecular weight excluding hydrogens is 240 g/mol. The van der Waals surface area contributed by atoms with Crippen molar-refractivity contribution in [2.24, 2.45) is 0 Å². The molecule has 0 atom stereocenters. The zero-order valence-corrected chi connectivity index (χ0v) is 10.2. The Morgan fingerprint density at radius 3 is 2.71 bits per heavy atom. The molecule has 6 heteroatoms. The Balaban J connectivity index is 2.38. The number of carbonyl (C=O) groups excluding carboxylic acids is 2. The Hall–Kier alpha value is -1.69. The zero-order chi connectivity index (χ0) is 12.7. The van der Waals surface area contributed by atoms with E-state index >= 15 is 0 Å². The minimum Gasteiger partial charge on any atom is -0.507 e. The predicted octanol–water partition coefficient (Wildman–Crippen LogP) is 1.33. The predicted molar refractivity (Wildman–Crippen MR) is 66.0 cm³/mol. The first-order chi connectivity index (χ1) is 8.13. The average Bonchev–Trinajstić information content (AvgIpc) is 2.28. The van der Waals surface area contributed by atoms with Crippen LogP contribution in [0, 0.1) is 0 Å². The topological polar surface area (TPSA) is 78.4 Å². The summed E-state index contributed by atoms with van der Waals surface area (Å²) in [6.07, 6.45) is 0. The Labute approximate surface area is 104 Å². The second-order valence-electron chi connectivity index (χ2n) is 3.16. The van der Waals surface area contributed by atoms with Gasteiger partial charge in [-0.25, -0.2) is 4.79 Å². The highest BCUT2D eigenvalue weighted by Gasteiger charge is 2.08. The number of amides is 3. The molecule has 3 amide bonds. The summed E-state index contributed by atoms with van der Waals surface area (Å²) < 4.78 is 0. The fourth-order valence-corrected chi connectivity index (χ4v) is 1.84. The van der Waals surface area contributed by atoms with Crippen LogP contribution in [0.1, 0.15) is 6.92 Å². The largest absolute Gasteiger partial charge is 0.507 e. The fourth-order valence-electron chi connectivity index (χ4n) is 1.09. The number of hydrogen-bond acceptors (Lipinski definition) is 4. The quantitative estimate of drug-likeness (QED) is 0.708. The van der Waals surface area contributed by atoms with Gasteiger partial charge in [-0.1, -0.05) is 12.1 Å². The van der Waals surface area contributed by atoms with Crippen LogP contribution >= 0.6 is 11.8 Å². The van der Waals surface area contributed by atoms with Gasteiger partial charge in [0.15, 0.2) is 0 Å². The smallest absolute Gasteiger partial charge is 0.321 e. The van der Waals surface area contributed by atoms with Gasteiger partial charge >= 0.3 is 6.03 Å². The number of hydrogen-bond donors (Lipinski definition) is 3. The maximum atomic E-state index is 11.3. The van der Waals surface area contributed by atoms with Crippen molar-refractivity contribution in [2.45, 2.75) is 11.8 Å². The van der Waals surface area contributed by atoms with Crippen molar-refractivity contribution in [3.63, 3.8) is 0 Å². The molecule has 0 bridgehead atoms. The third-order valence-corrected chi connectivity index (χ3v) is 2.88. The van der Waals surface area contributed by atoms with Crippen LogP contribution in [0.3, 0.4) is 0 Å². The molecule has 92 valence electrons. The standard InChI is InChI=1S/C11H14N2O3S/c1-2-12-11(16)13-10(15)7-17-9-6-4-3-5-8(9)14/h3-6,14H,2,7H2,1H3,(H2,12,13,15,16). The number of carbonyl (C=O) groups is 2. The second kappa shape index (κ2) is 6.80. The van der Waals surface area contributed by atoms with Gasteiger partial charge in [-0.3, -0.25) is 10.1 Å². The van der Waals surface area contributed by atoms with Gasteiger partial charge in [0, 0.05) is 11.4 Å². The van der Waals surface area contributed by atoms with Crippen molar-refractivity contribution >= 4 is 23.7 Å². The second-order valence-corrected chi connectivity index (χ2v) is 4.18. The first-order valence-electron chi connectivity index (χ1n) is 5.12. The summed E-state index contributed by atoms with van der Waals surface area (Å²) in [7, 11) is 0. The molecule has 3 N–H and O–H groups in total. The van der Waals surface area contributed by atoms with Crippen molar-refractivity contribution in [3.8, 4) is 5.75 Å². The van der Waals surface area contributed by atoms with E-state index in [-0.39, 0.29) is 11.5 Å². The lowest BCUT2D eigenvalue weighted by molar-refractivity contribution is -0.117. The number of urea groups is 1. The van der Waals surface area contributed by atoms with Crippen LogP contribution in [0.25, 0.3) is 0 Å². The minimum absolute atomic E-state index is 0.0781. The van der Waals surface area contributed by atoms with E-state index in [1.54, 1.807) is 31.2 Å². The molecule has 1 aromatic rings. The van der Waals surface area contributed by atoms with Crippen molar-refractivity contribution in [3.05, 3.63) is 24.3 Å². The number of nitrogens with one attached hydrogen (secondary N) is 2. The molecule has 0 aromatic heterocycles. The summed E-state index contributed by atoms with van der Waals surface area (Å²) >= 11 is 1.17. The number of benzene rings is 1. The van der Waals surface area contributed by atoms with Gasteiger partial charge in [0.2, 0.25) is 5.91 Å². The van der Waals surface area contributed by atoms with Crippen molar-refractivity contribution in [2.75, 3.05) is 12.3 Å². The van der Waals surface area contributed by atoms with E-state index in [2.05, 4.69) is 10.6 Å². The zero-order valence-electron chi connectivity index (χ0n) is 9.40. The van der Waals surface area contributed by atoms with Crippen molar-refractivity contribution in [1.29, 1.82) is 0 Å². The summed E-state index contributed by atoms with van der Waals surface area (Å²) in [5.74, 6) is -0.193. The van der Waals surface area contributed by atoms with Gasteiger partial charge in [0.25, 0.3) is 0 Å². The first kappa shape index (κ1) is 13.4. The summed E-state index contributed by atoms with van der Waals surface area (Å²) in [6, 6.07) is 6.22. The molecular formula is C11H14N2O3S. The number of aromatic hydroxyl groups is 1. The van der Waals surface area contributed by atoms with Crippen molar-refractivity contribution < 1.29 is 14.7 Å². The van der Waals surface area contributed by atoms with Gasteiger partial charge in [0.05, 0.1) is 5.75 Å². The average molecular weight is 254 g/mol. The maximum Gasteiger partial charge on any atom is 0.321 e. The van der Waals surface area contributed by atoms with Crippen LogP contribution in [-0.2, 0) is 4.79 Å². The van der Waals surface area contributed by atoms with E-state index in [4.69, 9.17) is 0 Å². The normalized spacial score (nSPS) is 9.71. The van der Waals surface area contributed by atoms with Crippen LogP contribution in [0.15, 0.2) is 29.2 Å². The SMILES string of the molecule is CCNC(=O)NC(=O)CSc1ccccc1O. The van der Waals surface area contributed by atoms with Gasteiger partial charge in [0.1, 0.15) is 5.75 Å². The van der Waals surface area contributed by atoms with Gasteiger partial charge < -0.3 is 10.4 Å². The number of imide groups is 1. The minimum atomic E-state index is -0.504. The van der Waals surface area contributed by atoms with Gasteiger partial charge in [-0.2, -0.15) is 0 Å². The lowest BCUT2D eigenvalue weighted by Gasteiger charge is -2.05. The van der Waals surface area contributed by atoms with Crippen molar-refractivity contribution in [1.82, 2.24) is 10.6 Å². The molecule has 0 unspecified atom stereocenters. The Bertz CT molecular complexity index is 409. The van der Waals surface area contributed by atoms with Crippen LogP contribution in [0.5, 0.6) is 5.75 Å². The maximum absolute atomic E-state index is 11.3. The van der Waals surface area contributed by atoms with Gasteiger partial charge in [-0.15, -0.1) is 11.8 Å². The summed E-state index contributed by atoms with van der Waals surface area (Å²) in [6.45, 7) is 2.23. The number of para-hydroxylation sites is 1. The molecule has 0 saturated carbocycles. The molecule has 0 saturated heterocycles. The third-order valence-electron chi connectivity index (χ3n) is 1.81. The van der Waals surface area contributed by atoms with Gasteiger partial charge in [-0.05, 0) is 19.1 Å². The first-order valence-corrected chi connectivity index (χ1v) is 6.10. The highest BCUT2D eigenvalue weighted by molar-refractivity contribution is 8.00. The monoisotopic (exact) mass is 254 g/mol. The van der Waals surface area contributed by atoms with Crippen LogP contribution in [-0.4, -0.2) is 29.3 Å². The summed E-state index contributed by atoms with van der Waals surface area (Å²) in [5.41, 5.74) is 0. The summed E-state index contributed by atoms with van der Waals surface area (Å²) in [5, 5.41) is 14.1. The Morgan fingerprint density at radius 1 is 1.35 bits per heavy atom. The molecule has 1 aromatic carbocycles. The fraction of sp³-hybridized carbons (Fsp3) is 0.273. The highest BCUT2D eigenvalue weighted by atomic mass is 32.2. The molecule has 17 heavy (non-hydrogen) atoms. The lowest BCUT2D eigenvalue weighted by atomic mass is 10.3. The van der Waals surface area contributed by atoms with Crippen LogP contribution in [0.2, 0.25) is 0 Å². The number of rotatable bonds is 4. The van der Waals surface area contributed by atoms with E-state index < -0.39 is 11.9 Å². The van der Waals surface area contributed by atoms with Crippen LogP contribution in [0.4, 0.5) is 4.79 Å². The molecule has 0 radical (unpaired) electrons. The van der Waals surface area contributed by atoms with E-state index in [0.717, 1.165) is 0 Å². The van der Waals surface area contributed by atoms with E-state index in [9.17, 15) is 14.7 Å². The van der Waals surface area contributed by atoms with Crippen LogP contribution < -0.4 is 10.6 Å². The number of phenols is 1. The molecule has 0 fully saturated rings. The molecule has 0 aliphatic carbocycles. The third kappa shape index (κ3) is 4.78. The number of thioether (sulfide) groups is 1. The molecule has 0 aliphatic heterocycles. The van der Waals surface area contributed by atoms with E-state index in [0.29, 0.717) is 11.4 Å². The molecule has 0 aliphatic rings. The van der Waals surface area contributed by atoms with E-state index in [1.807, 2.05) is 0 Å². The lowest BCUT2D eigenvalue weighted by Crippen LogP contribution is -2.40. The molecule has 0 heterocycles. The molecule has 1 rings (SSSR count).